The minimum atomic E-state index is -0.330. The van der Waals surface area contributed by atoms with Crippen molar-refractivity contribution in [1.82, 2.24) is 9.97 Å². The molecule has 24 heavy (non-hydrogen) atoms. The van der Waals surface area contributed by atoms with Gasteiger partial charge in [0.05, 0.1) is 18.4 Å². The SMILES string of the molecule is COc1ccc(-c2nc(NC(=O)c3cccnc3Cl)sc2C)cc1. The van der Waals surface area contributed by atoms with E-state index in [0.29, 0.717) is 10.7 Å². The molecular formula is C17H14ClN3O2S. The van der Waals surface area contributed by atoms with Gasteiger partial charge < -0.3 is 4.74 Å². The lowest BCUT2D eigenvalue weighted by molar-refractivity contribution is 0.102. The molecule has 0 atom stereocenters. The maximum absolute atomic E-state index is 12.3. The number of ether oxygens (including phenoxy) is 1. The average Bonchev–Trinajstić information content (AvgIpc) is 2.95. The van der Waals surface area contributed by atoms with Gasteiger partial charge in [0.15, 0.2) is 5.13 Å². The van der Waals surface area contributed by atoms with Crippen molar-refractivity contribution in [2.45, 2.75) is 6.92 Å². The summed E-state index contributed by atoms with van der Waals surface area (Å²) in [7, 11) is 1.63. The Morgan fingerprint density at radius 2 is 2.00 bits per heavy atom. The summed E-state index contributed by atoms with van der Waals surface area (Å²) >= 11 is 7.36. The van der Waals surface area contributed by atoms with E-state index in [1.807, 2.05) is 31.2 Å². The van der Waals surface area contributed by atoms with Gasteiger partial charge in [0, 0.05) is 16.6 Å². The number of nitrogens with zero attached hydrogens (tertiary/aromatic N) is 2. The zero-order chi connectivity index (χ0) is 17.1. The third-order valence-corrected chi connectivity index (χ3v) is 4.57. The van der Waals surface area contributed by atoms with Crippen molar-refractivity contribution < 1.29 is 9.53 Å². The monoisotopic (exact) mass is 359 g/mol. The number of thiazole rings is 1. The first-order valence-electron chi connectivity index (χ1n) is 7.12. The normalized spacial score (nSPS) is 10.5. The van der Waals surface area contributed by atoms with Gasteiger partial charge in [0.25, 0.3) is 5.91 Å². The number of rotatable bonds is 4. The first-order chi connectivity index (χ1) is 11.6. The van der Waals surface area contributed by atoms with Gasteiger partial charge >= 0.3 is 0 Å². The fourth-order valence-corrected chi connectivity index (χ4v) is 3.22. The van der Waals surface area contributed by atoms with E-state index >= 15 is 0 Å². The van der Waals surface area contributed by atoms with Crippen molar-refractivity contribution in [3.63, 3.8) is 0 Å². The van der Waals surface area contributed by atoms with E-state index in [4.69, 9.17) is 16.3 Å². The van der Waals surface area contributed by atoms with Gasteiger partial charge in [-0.15, -0.1) is 11.3 Å². The number of pyridine rings is 1. The van der Waals surface area contributed by atoms with Crippen molar-refractivity contribution in [2.24, 2.45) is 0 Å². The lowest BCUT2D eigenvalue weighted by Gasteiger charge is -2.03. The molecule has 2 aromatic heterocycles. The third kappa shape index (κ3) is 3.39. The Morgan fingerprint density at radius 3 is 2.67 bits per heavy atom. The quantitative estimate of drug-likeness (QED) is 0.700. The molecule has 0 saturated heterocycles. The summed E-state index contributed by atoms with van der Waals surface area (Å²) < 4.78 is 5.16. The molecule has 3 aromatic rings. The van der Waals surface area contributed by atoms with E-state index in [1.165, 1.54) is 17.5 Å². The topological polar surface area (TPSA) is 64.1 Å². The molecule has 0 aliphatic heterocycles. The van der Waals surface area contributed by atoms with Crippen molar-refractivity contribution in [3.8, 4) is 17.0 Å². The maximum atomic E-state index is 12.3. The highest BCUT2D eigenvalue weighted by Gasteiger charge is 2.15. The van der Waals surface area contributed by atoms with Crippen LogP contribution in [0.4, 0.5) is 5.13 Å². The van der Waals surface area contributed by atoms with Gasteiger partial charge in [-0.2, -0.15) is 0 Å². The summed E-state index contributed by atoms with van der Waals surface area (Å²) in [5.74, 6) is 0.453. The fourth-order valence-electron chi connectivity index (χ4n) is 2.19. The molecule has 0 aliphatic rings. The van der Waals surface area contributed by atoms with Crippen LogP contribution in [0.1, 0.15) is 15.2 Å². The minimum absolute atomic E-state index is 0.165. The van der Waals surface area contributed by atoms with E-state index in [9.17, 15) is 4.79 Å². The number of hydrogen-bond acceptors (Lipinski definition) is 5. The Morgan fingerprint density at radius 1 is 1.25 bits per heavy atom. The molecular weight excluding hydrogens is 346 g/mol. The molecule has 0 unspecified atom stereocenters. The van der Waals surface area contributed by atoms with Crippen LogP contribution in [-0.2, 0) is 0 Å². The minimum Gasteiger partial charge on any atom is -0.497 e. The van der Waals surface area contributed by atoms with Crippen LogP contribution in [0.5, 0.6) is 5.75 Å². The van der Waals surface area contributed by atoms with Gasteiger partial charge in [-0.1, -0.05) is 11.6 Å². The fraction of sp³-hybridized carbons (Fsp3) is 0.118. The summed E-state index contributed by atoms with van der Waals surface area (Å²) in [4.78, 5) is 21.7. The Bertz CT molecular complexity index is 878. The van der Waals surface area contributed by atoms with Gasteiger partial charge in [-0.25, -0.2) is 9.97 Å². The third-order valence-electron chi connectivity index (χ3n) is 3.38. The lowest BCUT2D eigenvalue weighted by atomic mass is 10.1. The predicted molar refractivity (Wildman–Crippen MR) is 96.0 cm³/mol. The Kier molecular flexibility index (Phi) is 4.78. The van der Waals surface area contributed by atoms with Gasteiger partial charge in [-0.3, -0.25) is 10.1 Å². The highest BCUT2D eigenvalue weighted by molar-refractivity contribution is 7.16. The second kappa shape index (κ2) is 6.98. The number of methoxy groups -OCH3 is 1. The average molecular weight is 360 g/mol. The van der Waals surface area contributed by atoms with Crippen LogP contribution < -0.4 is 10.1 Å². The van der Waals surface area contributed by atoms with Crippen LogP contribution in [-0.4, -0.2) is 23.0 Å². The van der Waals surface area contributed by atoms with Gasteiger partial charge in [0.2, 0.25) is 0 Å². The van der Waals surface area contributed by atoms with Gasteiger partial charge in [0.1, 0.15) is 10.9 Å². The maximum Gasteiger partial charge on any atom is 0.260 e. The molecule has 0 saturated carbocycles. The van der Waals surface area contributed by atoms with E-state index in [0.717, 1.165) is 21.9 Å². The van der Waals surface area contributed by atoms with E-state index in [1.54, 1.807) is 19.2 Å². The molecule has 7 heteroatoms. The van der Waals surface area contributed by atoms with Crippen molar-refractivity contribution in [2.75, 3.05) is 12.4 Å². The second-order valence-electron chi connectivity index (χ2n) is 4.95. The number of carbonyl (C=O) groups is 1. The lowest BCUT2D eigenvalue weighted by Crippen LogP contribution is -2.12. The van der Waals surface area contributed by atoms with Crippen LogP contribution in [0.15, 0.2) is 42.6 Å². The molecule has 0 aliphatic carbocycles. The number of carbonyl (C=O) groups excluding carboxylic acids is 1. The molecule has 3 rings (SSSR count). The molecule has 0 radical (unpaired) electrons. The first kappa shape index (κ1) is 16.4. The number of benzene rings is 1. The van der Waals surface area contributed by atoms with E-state index in [-0.39, 0.29) is 11.1 Å². The summed E-state index contributed by atoms with van der Waals surface area (Å²) in [5.41, 5.74) is 2.11. The molecule has 0 bridgehead atoms. The number of aryl methyl sites for hydroxylation is 1. The molecule has 1 N–H and O–H groups in total. The Hall–Kier alpha value is -2.44. The van der Waals surface area contributed by atoms with E-state index in [2.05, 4.69) is 15.3 Å². The smallest absolute Gasteiger partial charge is 0.260 e. The summed E-state index contributed by atoms with van der Waals surface area (Å²) in [6.45, 7) is 1.96. The van der Waals surface area contributed by atoms with Crippen LogP contribution in [0.3, 0.4) is 0 Å². The second-order valence-corrected chi connectivity index (χ2v) is 6.51. The molecule has 0 spiro atoms. The van der Waals surface area contributed by atoms with Crippen molar-refractivity contribution >= 4 is 34.0 Å². The standard InChI is InChI=1S/C17H14ClN3O2S/c1-10-14(11-5-7-12(23-2)8-6-11)20-17(24-10)21-16(22)13-4-3-9-19-15(13)18/h3-9H,1-2H3,(H,20,21,22). The van der Waals surface area contributed by atoms with Crippen molar-refractivity contribution in [1.29, 1.82) is 0 Å². The Labute approximate surface area is 148 Å². The van der Waals surface area contributed by atoms with Crippen LogP contribution in [0.25, 0.3) is 11.3 Å². The highest BCUT2D eigenvalue weighted by Crippen LogP contribution is 2.31. The van der Waals surface area contributed by atoms with Crippen LogP contribution >= 0.6 is 22.9 Å². The van der Waals surface area contributed by atoms with Crippen molar-refractivity contribution in [3.05, 3.63) is 58.2 Å². The highest BCUT2D eigenvalue weighted by atomic mass is 35.5. The zero-order valence-corrected chi connectivity index (χ0v) is 14.6. The van der Waals surface area contributed by atoms with Crippen LogP contribution in [0.2, 0.25) is 5.15 Å². The van der Waals surface area contributed by atoms with Gasteiger partial charge in [-0.05, 0) is 43.3 Å². The number of halogens is 1. The molecule has 2 heterocycles. The van der Waals surface area contributed by atoms with E-state index < -0.39 is 0 Å². The number of nitrogens with one attached hydrogen (secondary N) is 1. The zero-order valence-electron chi connectivity index (χ0n) is 13.0. The van der Waals surface area contributed by atoms with Crippen LogP contribution in [0, 0.1) is 6.92 Å². The molecule has 0 fully saturated rings. The predicted octanol–water partition coefficient (Wildman–Crippen LogP) is 4.43. The summed E-state index contributed by atoms with van der Waals surface area (Å²) in [5, 5.41) is 3.45. The molecule has 122 valence electrons. The molecule has 5 nitrogen and oxygen atoms in total. The number of amides is 1. The Balaban J connectivity index is 1.83. The largest absolute Gasteiger partial charge is 0.497 e. The summed E-state index contributed by atoms with van der Waals surface area (Å²) in [6.07, 6.45) is 1.54. The molecule has 1 amide bonds. The summed E-state index contributed by atoms with van der Waals surface area (Å²) in [6, 6.07) is 10.9. The first-order valence-corrected chi connectivity index (χ1v) is 8.31. The molecule has 1 aromatic carbocycles. The number of hydrogen-bond donors (Lipinski definition) is 1. The number of aromatic nitrogens is 2. The number of anilines is 1.